The fourth-order valence-corrected chi connectivity index (χ4v) is 4.91. The highest BCUT2D eigenvalue weighted by molar-refractivity contribution is 8.01. The average Bonchev–Trinajstić information content (AvgIpc) is 2.80. The molecule has 0 saturated carbocycles. The van der Waals surface area contributed by atoms with E-state index in [9.17, 15) is 24.6 Å². The number of fused-ring (bicyclic) bond motifs is 1. The molecule has 2 amide bonds. The number of hydrogen-bond donors (Lipinski definition) is 4. The highest BCUT2D eigenvalue weighted by Crippen LogP contribution is 2.50. The third-order valence-electron chi connectivity index (χ3n) is 4.53. The van der Waals surface area contributed by atoms with E-state index in [0.29, 0.717) is 0 Å². The molecule has 1 aromatic carbocycles. The predicted molar refractivity (Wildman–Crippen MR) is 90.7 cm³/mol. The van der Waals surface area contributed by atoms with Crippen molar-refractivity contribution in [3.8, 4) is 5.75 Å². The second-order valence-corrected chi connectivity index (χ2v) is 8.39. The summed E-state index contributed by atoms with van der Waals surface area (Å²) < 4.78 is -0.661. The van der Waals surface area contributed by atoms with Gasteiger partial charge in [-0.2, -0.15) is 0 Å². The maximum atomic E-state index is 12.4. The van der Waals surface area contributed by atoms with Crippen LogP contribution in [0.2, 0.25) is 0 Å². The van der Waals surface area contributed by atoms with Crippen LogP contribution in [0.5, 0.6) is 5.75 Å². The second-order valence-electron chi connectivity index (χ2n) is 6.62. The van der Waals surface area contributed by atoms with E-state index in [2.05, 4.69) is 5.32 Å². The second kappa shape index (κ2) is 5.92. The molecule has 0 spiro atoms. The molecule has 9 heteroatoms. The number of β-lactam (4-membered cyclic amide) rings is 1. The molecule has 5 N–H and O–H groups in total. The molecule has 1 aromatic rings. The van der Waals surface area contributed by atoms with Crippen molar-refractivity contribution in [2.45, 2.75) is 42.1 Å². The van der Waals surface area contributed by atoms with E-state index >= 15 is 0 Å². The number of carbonyl (C=O) groups is 3. The third-order valence-corrected chi connectivity index (χ3v) is 6.10. The minimum absolute atomic E-state index is 0.103. The molecule has 4 atom stereocenters. The van der Waals surface area contributed by atoms with Gasteiger partial charge >= 0.3 is 5.97 Å². The summed E-state index contributed by atoms with van der Waals surface area (Å²) in [5.41, 5.74) is 6.14. The van der Waals surface area contributed by atoms with E-state index in [1.54, 1.807) is 26.0 Å². The first-order chi connectivity index (χ1) is 11.6. The Hall–Kier alpha value is -2.26. The number of nitrogens with two attached hydrogens (primary N) is 1. The Balaban J connectivity index is 1.73. The van der Waals surface area contributed by atoms with Gasteiger partial charge in [0.1, 0.15) is 29.2 Å². The maximum Gasteiger partial charge on any atom is 0.327 e. The Bertz CT molecular complexity index is 753. The summed E-state index contributed by atoms with van der Waals surface area (Å²) in [6, 6.07) is 3.32. The van der Waals surface area contributed by atoms with Crippen LogP contribution >= 0.6 is 11.8 Å². The minimum Gasteiger partial charge on any atom is -0.508 e. The largest absolute Gasteiger partial charge is 0.508 e. The number of hydrogen-bond acceptors (Lipinski definition) is 6. The number of amides is 2. The molecule has 2 aliphatic rings. The summed E-state index contributed by atoms with van der Waals surface area (Å²) in [5.74, 6) is -2.21. The molecule has 0 bridgehead atoms. The SMILES string of the molecule is CC1(C)S[C@@H]2[C@H](NC(=O)C(N)c3ccccc3O)C(=O)N2[C@H]1C(=O)O. The van der Waals surface area contributed by atoms with Crippen molar-refractivity contribution in [1.82, 2.24) is 10.2 Å². The van der Waals surface area contributed by atoms with Gasteiger partial charge in [0.25, 0.3) is 0 Å². The smallest absolute Gasteiger partial charge is 0.327 e. The zero-order valence-corrected chi connectivity index (χ0v) is 14.5. The van der Waals surface area contributed by atoms with Crippen LogP contribution in [-0.4, -0.2) is 55.1 Å². The maximum absolute atomic E-state index is 12.4. The number of carboxylic acids is 1. The monoisotopic (exact) mass is 365 g/mol. The number of carboxylic acid groups (broad SMARTS) is 1. The van der Waals surface area contributed by atoms with Gasteiger partial charge in [-0.25, -0.2) is 4.79 Å². The first-order valence-corrected chi connectivity index (χ1v) is 8.60. The number of aromatic hydroxyl groups is 1. The van der Waals surface area contributed by atoms with Crippen LogP contribution in [0.3, 0.4) is 0 Å². The molecular weight excluding hydrogens is 346 g/mol. The molecule has 134 valence electrons. The van der Waals surface area contributed by atoms with Gasteiger partial charge < -0.3 is 26.2 Å². The van der Waals surface area contributed by atoms with Gasteiger partial charge in [-0.1, -0.05) is 18.2 Å². The summed E-state index contributed by atoms with van der Waals surface area (Å²) in [7, 11) is 0. The van der Waals surface area contributed by atoms with Gasteiger partial charge in [-0.15, -0.1) is 11.8 Å². The van der Waals surface area contributed by atoms with Crippen LogP contribution in [0.25, 0.3) is 0 Å². The number of phenolic OH excluding ortho intramolecular Hbond substituents is 1. The fraction of sp³-hybridized carbons (Fsp3) is 0.438. The number of para-hydroxylation sites is 1. The van der Waals surface area contributed by atoms with Crippen LogP contribution in [0.1, 0.15) is 25.5 Å². The lowest BCUT2D eigenvalue weighted by Gasteiger charge is -2.43. The molecule has 3 rings (SSSR count). The number of nitrogens with one attached hydrogen (secondary N) is 1. The van der Waals surface area contributed by atoms with Crippen molar-refractivity contribution in [3.63, 3.8) is 0 Å². The van der Waals surface area contributed by atoms with E-state index in [-0.39, 0.29) is 11.3 Å². The Morgan fingerprint density at radius 1 is 1.36 bits per heavy atom. The minimum atomic E-state index is -1.13. The van der Waals surface area contributed by atoms with Gasteiger partial charge in [-0.05, 0) is 19.9 Å². The highest BCUT2D eigenvalue weighted by Gasteiger charge is 2.64. The Morgan fingerprint density at radius 3 is 2.60 bits per heavy atom. The number of aliphatic carboxylic acids is 1. The fourth-order valence-electron chi connectivity index (χ4n) is 3.28. The molecule has 2 heterocycles. The quantitative estimate of drug-likeness (QED) is 0.553. The molecule has 25 heavy (non-hydrogen) atoms. The van der Waals surface area contributed by atoms with Crippen LogP contribution in [0, 0.1) is 0 Å². The lowest BCUT2D eigenvalue weighted by molar-refractivity contribution is -0.161. The number of nitrogens with zero attached hydrogens (tertiary/aromatic N) is 1. The Labute approximate surface area is 148 Å². The molecule has 0 aromatic heterocycles. The van der Waals surface area contributed by atoms with Crippen molar-refractivity contribution in [2.24, 2.45) is 5.73 Å². The molecule has 0 radical (unpaired) electrons. The highest BCUT2D eigenvalue weighted by atomic mass is 32.2. The van der Waals surface area contributed by atoms with Gasteiger partial charge in [-0.3, -0.25) is 9.59 Å². The number of phenols is 1. The molecule has 2 saturated heterocycles. The van der Waals surface area contributed by atoms with Gasteiger partial charge in [0.15, 0.2) is 0 Å². The normalized spacial score (nSPS) is 28.0. The molecular formula is C16H19N3O5S. The van der Waals surface area contributed by atoms with Gasteiger partial charge in [0, 0.05) is 10.3 Å². The number of thioether (sulfide) groups is 1. The van der Waals surface area contributed by atoms with Crippen LogP contribution in [0.4, 0.5) is 0 Å². The standard InChI is InChI=1S/C16H19N3O5S/c1-16(2)11(15(23)24)19-13(22)10(14(19)25-16)18-12(21)9(17)7-5-3-4-6-8(7)20/h3-6,9-11,14,20H,17H2,1-2H3,(H,18,21)(H,23,24)/t9?,10-,11+,14-/m1/s1. The first-order valence-electron chi connectivity index (χ1n) is 7.72. The van der Waals surface area contributed by atoms with E-state index in [1.807, 2.05) is 0 Å². The van der Waals surface area contributed by atoms with Crippen LogP contribution in [0.15, 0.2) is 24.3 Å². The van der Waals surface area contributed by atoms with Gasteiger partial charge in [0.2, 0.25) is 11.8 Å². The van der Waals surface area contributed by atoms with Crippen molar-refractivity contribution in [1.29, 1.82) is 0 Å². The number of rotatable bonds is 4. The predicted octanol–water partition coefficient (Wildman–Crippen LogP) is 0.0237. The van der Waals surface area contributed by atoms with E-state index in [0.717, 1.165) is 0 Å². The van der Waals surface area contributed by atoms with Crippen molar-refractivity contribution < 1.29 is 24.6 Å². The van der Waals surface area contributed by atoms with Crippen LogP contribution in [-0.2, 0) is 14.4 Å². The first kappa shape index (κ1) is 17.6. The summed E-state index contributed by atoms with van der Waals surface area (Å²) in [6.07, 6.45) is 0. The molecule has 0 aliphatic carbocycles. The molecule has 2 fully saturated rings. The third kappa shape index (κ3) is 2.73. The zero-order valence-electron chi connectivity index (χ0n) is 13.7. The van der Waals surface area contributed by atoms with E-state index in [4.69, 9.17) is 5.73 Å². The van der Waals surface area contributed by atoms with E-state index in [1.165, 1.54) is 28.8 Å². The van der Waals surface area contributed by atoms with Crippen LogP contribution < -0.4 is 11.1 Å². The summed E-state index contributed by atoms with van der Waals surface area (Å²) in [5, 5.41) is 21.3. The lowest BCUT2D eigenvalue weighted by Crippen LogP contribution is -2.71. The summed E-state index contributed by atoms with van der Waals surface area (Å²) in [4.78, 5) is 37.5. The zero-order chi connectivity index (χ0) is 18.5. The Morgan fingerprint density at radius 2 is 2.00 bits per heavy atom. The average molecular weight is 365 g/mol. The number of carbonyl (C=O) groups excluding carboxylic acids is 2. The van der Waals surface area contributed by atoms with Crippen molar-refractivity contribution in [3.05, 3.63) is 29.8 Å². The van der Waals surface area contributed by atoms with E-state index < -0.39 is 46.0 Å². The molecule has 2 aliphatic heterocycles. The lowest BCUT2D eigenvalue weighted by atomic mass is 9.95. The summed E-state index contributed by atoms with van der Waals surface area (Å²) in [6.45, 7) is 3.52. The molecule has 8 nitrogen and oxygen atoms in total. The number of benzene rings is 1. The van der Waals surface area contributed by atoms with Gasteiger partial charge in [0.05, 0.1) is 0 Å². The topological polar surface area (TPSA) is 133 Å². The van der Waals surface area contributed by atoms with Crippen molar-refractivity contribution >= 4 is 29.5 Å². The molecule has 1 unspecified atom stereocenters. The Kier molecular flexibility index (Phi) is 4.16. The van der Waals surface area contributed by atoms with Crippen molar-refractivity contribution in [2.75, 3.05) is 0 Å². The summed E-state index contributed by atoms with van der Waals surface area (Å²) >= 11 is 1.34.